The lowest BCUT2D eigenvalue weighted by atomic mass is 9.99. The van der Waals surface area contributed by atoms with Crippen molar-refractivity contribution in [3.05, 3.63) is 35.4 Å². The van der Waals surface area contributed by atoms with E-state index >= 15 is 0 Å². The van der Waals surface area contributed by atoms with Crippen molar-refractivity contribution in [2.75, 3.05) is 14.2 Å². The highest BCUT2D eigenvalue weighted by molar-refractivity contribution is 6.08. The van der Waals surface area contributed by atoms with Gasteiger partial charge in [-0.15, -0.1) is 0 Å². The van der Waals surface area contributed by atoms with Crippen molar-refractivity contribution in [3.8, 4) is 11.5 Å². The average Bonchev–Trinajstić information content (AvgIpc) is 2.73. The monoisotopic (exact) mass is 256 g/mol. The molecule has 0 bridgehead atoms. The van der Waals surface area contributed by atoms with Crippen LogP contribution in [0.5, 0.6) is 11.5 Å². The van der Waals surface area contributed by atoms with E-state index in [2.05, 4.69) is 0 Å². The molecule has 19 heavy (non-hydrogen) atoms. The first kappa shape index (κ1) is 12.0. The third-order valence-corrected chi connectivity index (χ3v) is 3.86. The molecule has 3 rings (SSSR count). The summed E-state index contributed by atoms with van der Waals surface area (Å²) in [7, 11) is 3.28. The number of Topliss-reactive ketones (excluding diaryl/α,β-unsaturated/α-hetero) is 1. The lowest BCUT2D eigenvalue weighted by Crippen LogP contribution is -2.03. The van der Waals surface area contributed by atoms with Crippen LogP contribution in [0.4, 0.5) is 0 Å². The van der Waals surface area contributed by atoms with E-state index < -0.39 is 0 Å². The van der Waals surface area contributed by atoms with Crippen LogP contribution in [0, 0.1) is 5.92 Å². The third-order valence-electron chi connectivity index (χ3n) is 3.86. The minimum Gasteiger partial charge on any atom is -0.497 e. The molecular formula is C16H16O3. The lowest BCUT2D eigenvalue weighted by Gasteiger charge is -2.11. The SMILES string of the molecule is COc1ccc2c(OC)cc3c(c2c1)CC(C)C3=O. The number of methoxy groups -OCH3 is 2. The molecule has 0 radical (unpaired) electrons. The van der Waals surface area contributed by atoms with Gasteiger partial charge in [0.25, 0.3) is 0 Å². The number of hydrogen-bond donors (Lipinski definition) is 0. The highest BCUT2D eigenvalue weighted by Gasteiger charge is 2.29. The van der Waals surface area contributed by atoms with E-state index in [0.717, 1.165) is 39.8 Å². The average molecular weight is 256 g/mol. The van der Waals surface area contributed by atoms with Crippen LogP contribution in [0.3, 0.4) is 0 Å². The summed E-state index contributed by atoms with van der Waals surface area (Å²) in [6.07, 6.45) is 0.793. The van der Waals surface area contributed by atoms with Gasteiger partial charge in [-0.2, -0.15) is 0 Å². The summed E-state index contributed by atoms with van der Waals surface area (Å²) in [5.74, 6) is 1.81. The molecule has 1 aliphatic carbocycles. The first-order chi connectivity index (χ1) is 9.15. The largest absolute Gasteiger partial charge is 0.497 e. The predicted octanol–water partition coefficient (Wildman–Crippen LogP) is 3.23. The fourth-order valence-corrected chi connectivity index (χ4v) is 2.83. The number of rotatable bonds is 2. The van der Waals surface area contributed by atoms with E-state index in [0.29, 0.717) is 0 Å². The van der Waals surface area contributed by atoms with Gasteiger partial charge in [0.05, 0.1) is 14.2 Å². The summed E-state index contributed by atoms with van der Waals surface area (Å²) in [5.41, 5.74) is 1.91. The lowest BCUT2D eigenvalue weighted by molar-refractivity contribution is 0.0946. The van der Waals surface area contributed by atoms with Crippen LogP contribution in [-0.2, 0) is 6.42 Å². The number of fused-ring (bicyclic) bond motifs is 3. The van der Waals surface area contributed by atoms with Gasteiger partial charge in [-0.1, -0.05) is 6.92 Å². The van der Waals surface area contributed by atoms with Crippen LogP contribution in [0.1, 0.15) is 22.8 Å². The van der Waals surface area contributed by atoms with Crippen LogP contribution in [0.2, 0.25) is 0 Å². The van der Waals surface area contributed by atoms with Crippen LogP contribution >= 0.6 is 0 Å². The Labute approximate surface area is 112 Å². The number of hydrogen-bond acceptors (Lipinski definition) is 3. The molecule has 0 fully saturated rings. The zero-order chi connectivity index (χ0) is 13.6. The van der Waals surface area contributed by atoms with Gasteiger partial charge in [0.1, 0.15) is 11.5 Å². The highest BCUT2D eigenvalue weighted by atomic mass is 16.5. The second-order valence-electron chi connectivity index (χ2n) is 4.99. The zero-order valence-electron chi connectivity index (χ0n) is 11.3. The van der Waals surface area contributed by atoms with Gasteiger partial charge in [0, 0.05) is 16.9 Å². The van der Waals surface area contributed by atoms with Crippen LogP contribution in [0.15, 0.2) is 24.3 Å². The standard InChI is InChI=1S/C16H16O3/c1-9-6-12-13-7-10(18-2)4-5-11(13)15(19-3)8-14(12)16(9)17/h4-5,7-9H,6H2,1-3H3. The van der Waals surface area contributed by atoms with Crippen molar-refractivity contribution >= 4 is 16.6 Å². The Kier molecular flexibility index (Phi) is 2.70. The number of benzene rings is 2. The molecule has 0 aliphatic heterocycles. The Morgan fingerprint density at radius 1 is 1.11 bits per heavy atom. The van der Waals surface area contributed by atoms with E-state index in [1.54, 1.807) is 14.2 Å². The molecule has 0 N–H and O–H groups in total. The molecule has 98 valence electrons. The smallest absolute Gasteiger partial charge is 0.166 e. The Morgan fingerprint density at radius 2 is 1.89 bits per heavy atom. The first-order valence-corrected chi connectivity index (χ1v) is 6.37. The van der Waals surface area contributed by atoms with Crippen molar-refractivity contribution in [2.24, 2.45) is 5.92 Å². The molecule has 1 unspecified atom stereocenters. The Bertz CT molecular complexity index is 673. The molecule has 2 aromatic carbocycles. The highest BCUT2D eigenvalue weighted by Crippen LogP contribution is 2.39. The Morgan fingerprint density at radius 3 is 2.58 bits per heavy atom. The number of carbonyl (C=O) groups is 1. The summed E-state index contributed by atoms with van der Waals surface area (Å²) in [6, 6.07) is 7.76. The van der Waals surface area contributed by atoms with Gasteiger partial charge in [0.2, 0.25) is 0 Å². The van der Waals surface area contributed by atoms with Gasteiger partial charge < -0.3 is 9.47 Å². The van der Waals surface area contributed by atoms with Gasteiger partial charge >= 0.3 is 0 Å². The van der Waals surface area contributed by atoms with E-state index in [1.165, 1.54) is 0 Å². The molecule has 0 spiro atoms. The second kappa shape index (κ2) is 4.26. The van der Waals surface area contributed by atoms with E-state index in [-0.39, 0.29) is 11.7 Å². The summed E-state index contributed by atoms with van der Waals surface area (Å²) in [4.78, 5) is 12.2. The normalized spacial score (nSPS) is 17.6. The minimum absolute atomic E-state index is 0.0523. The van der Waals surface area contributed by atoms with Crippen molar-refractivity contribution in [3.63, 3.8) is 0 Å². The maximum Gasteiger partial charge on any atom is 0.166 e. The van der Waals surface area contributed by atoms with Crippen LogP contribution in [0.25, 0.3) is 10.8 Å². The van der Waals surface area contributed by atoms with Crippen molar-refractivity contribution in [1.82, 2.24) is 0 Å². The third kappa shape index (κ3) is 1.69. The molecule has 0 saturated heterocycles. The molecule has 2 aromatic rings. The molecule has 3 heteroatoms. The van der Waals surface area contributed by atoms with Gasteiger partial charge in [-0.05, 0) is 41.6 Å². The quantitative estimate of drug-likeness (QED) is 0.827. The fraction of sp³-hybridized carbons (Fsp3) is 0.312. The summed E-state index contributed by atoms with van der Waals surface area (Å²) in [6.45, 7) is 1.97. The zero-order valence-corrected chi connectivity index (χ0v) is 11.3. The molecule has 0 aromatic heterocycles. The maximum atomic E-state index is 12.2. The fourth-order valence-electron chi connectivity index (χ4n) is 2.83. The summed E-state index contributed by atoms with van der Waals surface area (Å²) >= 11 is 0. The second-order valence-corrected chi connectivity index (χ2v) is 4.99. The predicted molar refractivity (Wildman–Crippen MR) is 74.3 cm³/mol. The van der Waals surface area contributed by atoms with Crippen LogP contribution < -0.4 is 9.47 Å². The van der Waals surface area contributed by atoms with E-state index in [1.807, 2.05) is 31.2 Å². The van der Waals surface area contributed by atoms with E-state index in [9.17, 15) is 4.79 Å². The summed E-state index contributed by atoms with van der Waals surface area (Å²) < 4.78 is 10.7. The maximum absolute atomic E-state index is 12.2. The van der Waals surface area contributed by atoms with Gasteiger partial charge in [-0.3, -0.25) is 4.79 Å². The van der Waals surface area contributed by atoms with Gasteiger partial charge in [-0.25, -0.2) is 0 Å². The van der Waals surface area contributed by atoms with Crippen molar-refractivity contribution < 1.29 is 14.3 Å². The minimum atomic E-state index is 0.0523. The number of carbonyl (C=O) groups excluding carboxylic acids is 1. The molecule has 1 atom stereocenters. The number of ketones is 1. The topological polar surface area (TPSA) is 35.5 Å². The molecule has 0 saturated carbocycles. The summed E-state index contributed by atoms with van der Waals surface area (Å²) in [5, 5.41) is 2.09. The molecular weight excluding hydrogens is 240 g/mol. The first-order valence-electron chi connectivity index (χ1n) is 6.37. The van der Waals surface area contributed by atoms with Crippen molar-refractivity contribution in [2.45, 2.75) is 13.3 Å². The van der Waals surface area contributed by atoms with Gasteiger partial charge in [0.15, 0.2) is 5.78 Å². The van der Waals surface area contributed by atoms with E-state index in [4.69, 9.17) is 9.47 Å². The van der Waals surface area contributed by atoms with Crippen LogP contribution in [-0.4, -0.2) is 20.0 Å². The molecule has 0 heterocycles. The molecule has 3 nitrogen and oxygen atoms in total. The Balaban J connectivity index is 2.37. The number of ether oxygens (including phenoxy) is 2. The van der Waals surface area contributed by atoms with Crippen molar-refractivity contribution in [1.29, 1.82) is 0 Å². The Hall–Kier alpha value is -2.03. The molecule has 1 aliphatic rings. The molecule has 0 amide bonds.